The average molecular weight is 412 g/mol. The van der Waals surface area contributed by atoms with Crippen molar-refractivity contribution in [2.45, 2.75) is 32.2 Å². The van der Waals surface area contributed by atoms with Gasteiger partial charge in [-0.1, -0.05) is 23.7 Å². The average Bonchev–Trinajstić information content (AvgIpc) is 2.72. The molecule has 0 bridgehead atoms. The zero-order valence-electron chi connectivity index (χ0n) is 16.3. The van der Waals surface area contributed by atoms with Gasteiger partial charge in [0, 0.05) is 41.4 Å². The van der Waals surface area contributed by atoms with Crippen molar-refractivity contribution in [2.75, 3.05) is 13.1 Å². The maximum Gasteiger partial charge on any atom is 0.125 e. The molecular formula is C23H23ClFN3O. The van der Waals surface area contributed by atoms with Crippen LogP contribution in [-0.4, -0.2) is 33.1 Å². The number of aryl methyl sites for hydroxylation is 1. The van der Waals surface area contributed by atoms with Crippen molar-refractivity contribution in [3.8, 4) is 16.9 Å². The van der Waals surface area contributed by atoms with Crippen molar-refractivity contribution in [3.63, 3.8) is 0 Å². The molecule has 1 aromatic heterocycles. The highest BCUT2D eigenvalue weighted by molar-refractivity contribution is 6.30. The van der Waals surface area contributed by atoms with Gasteiger partial charge < -0.3 is 5.11 Å². The standard InChI is InChI=1S/C23H23ClFN3O/c1-15-26-12-21(16-4-7-20(25)8-5-16)23(27-15)17-3-2-10-28(13-17)14-18-11-19(24)6-9-22(18)29/h4-9,11-12,17,29H,2-3,10,13-14H2,1H3. The Labute approximate surface area is 175 Å². The molecule has 1 aliphatic heterocycles. The first kappa shape index (κ1) is 19.8. The summed E-state index contributed by atoms with van der Waals surface area (Å²) in [5.41, 5.74) is 3.71. The van der Waals surface area contributed by atoms with Crippen LogP contribution < -0.4 is 0 Å². The van der Waals surface area contributed by atoms with Crippen LogP contribution in [0.4, 0.5) is 4.39 Å². The number of likely N-dealkylation sites (tertiary alicyclic amines) is 1. The van der Waals surface area contributed by atoms with E-state index < -0.39 is 0 Å². The fraction of sp³-hybridized carbons (Fsp3) is 0.304. The lowest BCUT2D eigenvalue weighted by atomic mass is 9.89. The Morgan fingerprint density at radius 2 is 2.00 bits per heavy atom. The molecule has 1 unspecified atom stereocenters. The van der Waals surface area contributed by atoms with E-state index in [1.165, 1.54) is 12.1 Å². The summed E-state index contributed by atoms with van der Waals surface area (Å²) < 4.78 is 13.4. The van der Waals surface area contributed by atoms with E-state index in [0.29, 0.717) is 11.6 Å². The minimum atomic E-state index is -0.256. The molecule has 3 aromatic rings. The molecule has 4 nitrogen and oxygen atoms in total. The van der Waals surface area contributed by atoms with E-state index in [0.717, 1.165) is 54.1 Å². The van der Waals surface area contributed by atoms with Gasteiger partial charge in [0.1, 0.15) is 17.4 Å². The number of phenols is 1. The third-order valence-corrected chi connectivity index (χ3v) is 5.66. The quantitative estimate of drug-likeness (QED) is 0.630. The molecule has 1 aliphatic rings. The summed E-state index contributed by atoms with van der Waals surface area (Å²) in [7, 11) is 0. The van der Waals surface area contributed by atoms with Crippen LogP contribution in [0.15, 0.2) is 48.7 Å². The number of benzene rings is 2. The topological polar surface area (TPSA) is 49.2 Å². The van der Waals surface area contributed by atoms with Crippen LogP contribution in [0.5, 0.6) is 5.75 Å². The maximum atomic E-state index is 13.4. The van der Waals surface area contributed by atoms with Gasteiger partial charge in [-0.05, 0) is 62.2 Å². The first-order chi connectivity index (χ1) is 14.0. The van der Waals surface area contributed by atoms with Crippen molar-refractivity contribution in [3.05, 3.63) is 76.6 Å². The maximum absolute atomic E-state index is 13.4. The summed E-state index contributed by atoms with van der Waals surface area (Å²) in [6.45, 7) is 4.32. The molecule has 1 atom stereocenters. The van der Waals surface area contributed by atoms with E-state index in [1.807, 2.05) is 19.2 Å². The monoisotopic (exact) mass is 411 g/mol. The Morgan fingerprint density at radius 3 is 2.79 bits per heavy atom. The molecule has 0 saturated carbocycles. The predicted octanol–water partition coefficient (Wildman–Crippen LogP) is 5.33. The van der Waals surface area contributed by atoms with Gasteiger partial charge in [-0.25, -0.2) is 14.4 Å². The van der Waals surface area contributed by atoms with Gasteiger partial charge in [0.25, 0.3) is 0 Å². The zero-order chi connectivity index (χ0) is 20.4. The summed E-state index contributed by atoms with van der Waals surface area (Å²) >= 11 is 6.10. The Balaban J connectivity index is 1.60. The third kappa shape index (κ3) is 4.57. The van der Waals surface area contributed by atoms with Gasteiger partial charge in [-0.3, -0.25) is 4.90 Å². The van der Waals surface area contributed by atoms with Crippen molar-refractivity contribution >= 4 is 11.6 Å². The number of nitrogens with zero attached hydrogens (tertiary/aromatic N) is 3. The zero-order valence-corrected chi connectivity index (χ0v) is 17.0. The Morgan fingerprint density at radius 1 is 1.21 bits per heavy atom. The molecule has 6 heteroatoms. The van der Waals surface area contributed by atoms with Crippen LogP contribution in [0, 0.1) is 12.7 Å². The first-order valence-electron chi connectivity index (χ1n) is 9.79. The van der Waals surface area contributed by atoms with E-state index in [4.69, 9.17) is 16.6 Å². The first-order valence-corrected chi connectivity index (χ1v) is 10.2. The number of hydrogen-bond acceptors (Lipinski definition) is 4. The second-order valence-corrected chi connectivity index (χ2v) is 8.01. The SMILES string of the molecule is Cc1ncc(-c2ccc(F)cc2)c(C2CCCN(Cc3cc(Cl)ccc3O)C2)n1. The van der Waals surface area contributed by atoms with Crippen molar-refractivity contribution in [1.82, 2.24) is 14.9 Å². The number of rotatable bonds is 4. The minimum Gasteiger partial charge on any atom is -0.508 e. The molecule has 0 spiro atoms. The molecular weight excluding hydrogens is 389 g/mol. The van der Waals surface area contributed by atoms with E-state index >= 15 is 0 Å². The molecule has 1 saturated heterocycles. The Hall–Kier alpha value is -2.50. The highest BCUT2D eigenvalue weighted by atomic mass is 35.5. The number of aromatic nitrogens is 2. The lowest BCUT2D eigenvalue weighted by Gasteiger charge is -2.33. The van der Waals surface area contributed by atoms with Crippen LogP contribution in [0.3, 0.4) is 0 Å². The highest BCUT2D eigenvalue weighted by Gasteiger charge is 2.26. The predicted molar refractivity (Wildman–Crippen MR) is 113 cm³/mol. The molecule has 0 radical (unpaired) electrons. The fourth-order valence-electron chi connectivity index (χ4n) is 3.99. The third-order valence-electron chi connectivity index (χ3n) is 5.42. The summed E-state index contributed by atoms with van der Waals surface area (Å²) in [6, 6.07) is 11.6. The Bertz CT molecular complexity index is 1010. The molecule has 150 valence electrons. The number of phenolic OH excluding ortho intramolecular Hbond substituents is 1. The van der Waals surface area contributed by atoms with Gasteiger partial charge in [-0.15, -0.1) is 0 Å². The smallest absolute Gasteiger partial charge is 0.125 e. The molecule has 2 heterocycles. The van der Waals surface area contributed by atoms with E-state index in [1.54, 1.807) is 24.3 Å². The Kier molecular flexibility index (Phi) is 5.79. The van der Waals surface area contributed by atoms with Crippen LogP contribution in [0.2, 0.25) is 5.02 Å². The van der Waals surface area contributed by atoms with E-state index in [2.05, 4.69) is 9.88 Å². The van der Waals surface area contributed by atoms with Gasteiger partial charge >= 0.3 is 0 Å². The molecule has 29 heavy (non-hydrogen) atoms. The molecule has 4 rings (SSSR count). The normalized spacial score (nSPS) is 17.4. The highest BCUT2D eigenvalue weighted by Crippen LogP contribution is 2.34. The van der Waals surface area contributed by atoms with Gasteiger partial charge in [0.05, 0.1) is 5.69 Å². The van der Waals surface area contributed by atoms with Crippen LogP contribution in [0.1, 0.15) is 35.8 Å². The lowest BCUT2D eigenvalue weighted by Crippen LogP contribution is -2.34. The number of hydrogen-bond donors (Lipinski definition) is 1. The van der Waals surface area contributed by atoms with Crippen molar-refractivity contribution < 1.29 is 9.50 Å². The van der Waals surface area contributed by atoms with Crippen molar-refractivity contribution in [2.24, 2.45) is 0 Å². The molecule has 0 amide bonds. The largest absolute Gasteiger partial charge is 0.508 e. The van der Waals surface area contributed by atoms with Crippen molar-refractivity contribution in [1.29, 1.82) is 0 Å². The number of aromatic hydroxyl groups is 1. The molecule has 1 N–H and O–H groups in total. The molecule has 1 fully saturated rings. The summed E-state index contributed by atoms with van der Waals surface area (Å²) in [4.78, 5) is 11.5. The second-order valence-electron chi connectivity index (χ2n) is 7.57. The van der Waals surface area contributed by atoms with Crippen LogP contribution in [0.25, 0.3) is 11.1 Å². The van der Waals surface area contributed by atoms with Gasteiger partial charge in [0.15, 0.2) is 0 Å². The van der Waals surface area contributed by atoms with E-state index in [9.17, 15) is 9.50 Å². The summed E-state index contributed by atoms with van der Waals surface area (Å²) in [5, 5.41) is 10.8. The molecule has 0 aliphatic carbocycles. The van der Waals surface area contributed by atoms with Gasteiger partial charge in [-0.2, -0.15) is 0 Å². The fourth-order valence-corrected chi connectivity index (χ4v) is 4.19. The number of piperidine rings is 1. The molecule has 2 aromatic carbocycles. The van der Waals surface area contributed by atoms with Crippen LogP contribution in [-0.2, 0) is 6.54 Å². The summed E-state index contributed by atoms with van der Waals surface area (Å²) in [5.74, 6) is 0.984. The van der Waals surface area contributed by atoms with Gasteiger partial charge in [0.2, 0.25) is 0 Å². The number of halogens is 2. The van der Waals surface area contributed by atoms with Crippen LogP contribution >= 0.6 is 11.6 Å². The summed E-state index contributed by atoms with van der Waals surface area (Å²) in [6.07, 6.45) is 3.91. The minimum absolute atomic E-state index is 0.242. The second kappa shape index (κ2) is 8.47. The lowest BCUT2D eigenvalue weighted by molar-refractivity contribution is 0.196. The van der Waals surface area contributed by atoms with E-state index in [-0.39, 0.29) is 17.5 Å².